The van der Waals surface area contributed by atoms with Gasteiger partial charge in [0.2, 0.25) is 0 Å². The number of nitrogens with zero attached hydrogens (tertiary/aromatic N) is 3. The van der Waals surface area contributed by atoms with E-state index in [9.17, 15) is 4.79 Å². The van der Waals surface area contributed by atoms with Gasteiger partial charge in [0, 0.05) is 29.5 Å². The van der Waals surface area contributed by atoms with Gasteiger partial charge in [0.25, 0.3) is 5.56 Å². The summed E-state index contributed by atoms with van der Waals surface area (Å²) in [6, 6.07) is 3.31. The van der Waals surface area contributed by atoms with Gasteiger partial charge >= 0.3 is 0 Å². The quantitative estimate of drug-likeness (QED) is 0.868. The molecule has 0 saturated carbocycles. The molecule has 0 bridgehead atoms. The third-order valence-corrected chi connectivity index (χ3v) is 3.01. The van der Waals surface area contributed by atoms with Crippen molar-refractivity contribution in [1.82, 2.24) is 14.1 Å². The first-order valence-electron chi connectivity index (χ1n) is 5.55. The molecule has 0 aliphatic carbocycles. The Morgan fingerprint density at radius 2 is 2.18 bits per heavy atom. The number of hydrogen-bond acceptors (Lipinski definition) is 2. The molecule has 0 N–H and O–H groups in total. The standard InChI is InChI=1S/C12H14BrN3O/c1-2-5-15-9-14-6-11(15)8-16-7-10(13)3-4-12(16)17/h3-4,6-7,9H,2,5,8H2,1H3. The van der Waals surface area contributed by atoms with Crippen LogP contribution in [0.15, 0.2) is 40.1 Å². The van der Waals surface area contributed by atoms with Crippen molar-refractivity contribution in [1.29, 1.82) is 0 Å². The summed E-state index contributed by atoms with van der Waals surface area (Å²) in [4.78, 5) is 15.8. The predicted octanol–water partition coefficient (Wildman–Crippen LogP) is 2.27. The van der Waals surface area contributed by atoms with Gasteiger partial charge in [0.1, 0.15) is 0 Å². The molecule has 2 heterocycles. The van der Waals surface area contributed by atoms with E-state index in [-0.39, 0.29) is 5.56 Å². The first kappa shape index (κ1) is 12.1. The molecule has 90 valence electrons. The van der Waals surface area contributed by atoms with Gasteiger partial charge in [-0.3, -0.25) is 4.79 Å². The van der Waals surface area contributed by atoms with Crippen molar-refractivity contribution in [3.63, 3.8) is 0 Å². The minimum Gasteiger partial charge on any atom is -0.333 e. The second-order valence-electron chi connectivity index (χ2n) is 3.89. The Hall–Kier alpha value is -1.36. The van der Waals surface area contributed by atoms with Gasteiger partial charge in [-0.15, -0.1) is 0 Å². The fourth-order valence-corrected chi connectivity index (χ4v) is 2.10. The van der Waals surface area contributed by atoms with Crippen LogP contribution in [-0.2, 0) is 13.1 Å². The van der Waals surface area contributed by atoms with Gasteiger partial charge in [0.15, 0.2) is 0 Å². The van der Waals surface area contributed by atoms with Crippen LogP contribution in [0.5, 0.6) is 0 Å². The molecular formula is C12H14BrN3O. The van der Waals surface area contributed by atoms with Crippen molar-refractivity contribution >= 4 is 15.9 Å². The Labute approximate surface area is 108 Å². The third kappa shape index (κ3) is 2.85. The highest BCUT2D eigenvalue weighted by molar-refractivity contribution is 9.10. The van der Waals surface area contributed by atoms with Crippen molar-refractivity contribution in [2.45, 2.75) is 26.4 Å². The van der Waals surface area contributed by atoms with Crippen LogP contribution in [0.1, 0.15) is 19.0 Å². The zero-order chi connectivity index (χ0) is 12.3. The topological polar surface area (TPSA) is 39.8 Å². The third-order valence-electron chi connectivity index (χ3n) is 2.54. The van der Waals surface area contributed by atoms with Gasteiger partial charge in [-0.25, -0.2) is 4.98 Å². The second-order valence-corrected chi connectivity index (χ2v) is 4.81. The summed E-state index contributed by atoms with van der Waals surface area (Å²) in [6.07, 6.45) is 6.47. The minimum atomic E-state index is -0.00236. The molecule has 4 nitrogen and oxygen atoms in total. The Morgan fingerprint density at radius 1 is 1.35 bits per heavy atom. The fraction of sp³-hybridized carbons (Fsp3) is 0.333. The van der Waals surface area contributed by atoms with E-state index in [2.05, 4.69) is 32.4 Å². The van der Waals surface area contributed by atoms with Crippen LogP contribution in [0, 0.1) is 0 Å². The van der Waals surface area contributed by atoms with Gasteiger partial charge in [-0.05, 0) is 28.4 Å². The Balaban J connectivity index is 2.28. The number of aromatic nitrogens is 3. The lowest BCUT2D eigenvalue weighted by molar-refractivity contribution is 0.616. The average molecular weight is 296 g/mol. The molecule has 2 rings (SSSR count). The van der Waals surface area contributed by atoms with Gasteiger partial charge in [0.05, 0.1) is 18.6 Å². The molecule has 0 saturated heterocycles. The van der Waals surface area contributed by atoms with E-state index in [0.29, 0.717) is 6.54 Å². The maximum absolute atomic E-state index is 11.7. The maximum Gasteiger partial charge on any atom is 0.250 e. The molecule has 5 heteroatoms. The van der Waals surface area contributed by atoms with E-state index in [1.54, 1.807) is 22.9 Å². The molecule has 2 aromatic rings. The van der Waals surface area contributed by atoms with Crippen LogP contribution in [0.2, 0.25) is 0 Å². The van der Waals surface area contributed by atoms with E-state index < -0.39 is 0 Å². The molecule has 0 amide bonds. The number of halogens is 1. The van der Waals surface area contributed by atoms with E-state index in [1.165, 1.54) is 0 Å². The van der Waals surface area contributed by atoms with Crippen molar-refractivity contribution in [2.75, 3.05) is 0 Å². The summed E-state index contributed by atoms with van der Waals surface area (Å²) in [6.45, 7) is 3.60. The van der Waals surface area contributed by atoms with Crippen molar-refractivity contribution in [3.05, 3.63) is 51.4 Å². The molecule has 0 unspecified atom stereocenters. The predicted molar refractivity (Wildman–Crippen MR) is 70.0 cm³/mol. The summed E-state index contributed by atoms with van der Waals surface area (Å²) < 4.78 is 4.65. The molecule has 0 atom stereocenters. The van der Waals surface area contributed by atoms with Gasteiger partial charge in [-0.2, -0.15) is 0 Å². The first-order valence-corrected chi connectivity index (χ1v) is 6.35. The summed E-state index contributed by atoms with van der Waals surface area (Å²) >= 11 is 3.37. The fourth-order valence-electron chi connectivity index (χ4n) is 1.72. The zero-order valence-corrected chi connectivity index (χ0v) is 11.2. The van der Waals surface area contributed by atoms with Crippen LogP contribution in [-0.4, -0.2) is 14.1 Å². The Morgan fingerprint density at radius 3 is 2.94 bits per heavy atom. The molecule has 0 aliphatic rings. The molecule has 0 aliphatic heterocycles. The van der Waals surface area contributed by atoms with Crippen molar-refractivity contribution in [3.8, 4) is 0 Å². The van der Waals surface area contributed by atoms with Crippen LogP contribution >= 0.6 is 15.9 Å². The Bertz CT molecular complexity index is 559. The molecule has 0 spiro atoms. The molecule has 0 aromatic carbocycles. The summed E-state index contributed by atoms with van der Waals surface area (Å²) in [5.41, 5.74) is 1.05. The molecule has 2 aromatic heterocycles. The minimum absolute atomic E-state index is 0.00236. The molecule has 0 fully saturated rings. The second kappa shape index (κ2) is 5.31. The summed E-state index contributed by atoms with van der Waals surface area (Å²) in [7, 11) is 0. The summed E-state index contributed by atoms with van der Waals surface area (Å²) in [5.74, 6) is 0. The SMILES string of the molecule is CCCn1cncc1Cn1cc(Br)ccc1=O. The average Bonchev–Trinajstić information content (AvgIpc) is 2.72. The largest absolute Gasteiger partial charge is 0.333 e. The van der Waals surface area contributed by atoms with E-state index in [0.717, 1.165) is 23.1 Å². The highest BCUT2D eigenvalue weighted by Gasteiger charge is 2.04. The summed E-state index contributed by atoms with van der Waals surface area (Å²) in [5, 5.41) is 0. The lowest BCUT2D eigenvalue weighted by Crippen LogP contribution is -2.20. The lowest BCUT2D eigenvalue weighted by atomic mass is 10.4. The van der Waals surface area contributed by atoms with Gasteiger partial charge in [-0.1, -0.05) is 6.92 Å². The number of hydrogen-bond donors (Lipinski definition) is 0. The molecular weight excluding hydrogens is 282 g/mol. The van der Waals surface area contributed by atoms with Crippen LogP contribution < -0.4 is 5.56 Å². The highest BCUT2D eigenvalue weighted by Crippen LogP contribution is 2.07. The Kier molecular flexibility index (Phi) is 3.78. The van der Waals surface area contributed by atoms with Crippen molar-refractivity contribution in [2.24, 2.45) is 0 Å². The molecule has 17 heavy (non-hydrogen) atoms. The van der Waals surface area contributed by atoms with Crippen LogP contribution in [0.25, 0.3) is 0 Å². The van der Waals surface area contributed by atoms with E-state index >= 15 is 0 Å². The monoisotopic (exact) mass is 295 g/mol. The lowest BCUT2D eigenvalue weighted by Gasteiger charge is -2.08. The smallest absolute Gasteiger partial charge is 0.250 e. The maximum atomic E-state index is 11.7. The van der Waals surface area contributed by atoms with E-state index in [4.69, 9.17) is 0 Å². The molecule has 0 radical (unpaired) electrons. The highest BCUT2D eigenvalue weighted by atomic mass is 79.9. The van der Waals surface area contributed by atoms with Gasteiger partial charge < -0.3 is 9.13 Å². The number of aryl methyl sites for hydroxylation is 1. The van der Waals surface area contributed by atoms with Crippen molar-refractivity contribution < 1.29 is 0 Å². The number of pyridine rings is 1. The first-order chi connectivity index (χ1) is 8.20. The van der Waals surface area contributed by atoms with Crippen LogP contribution in [0.3, 0.4) is 0 Å². The number of rotatable bonds is 4. The van der Waals surface area contributed by atoms with Crippen LogP contribution in [0.4, 0.5) is 0 Å². The number of imidazole rings is 1. The zero-order valence-electron chi connectivity index (χ0n) is 9.64. The van der Waals surface area contributed by atoms with E-state index in [1.807, 2.05) is 12.5 Å². The normalized spacial score (nSPS) is 10.7.